The summed E-state index contributed by atoms with van der Waals surface area (Å²) in [5.41, 5.74) is 0.715. The number of sulfone groups is 1. The van der Waals surface area contributed by atoms with Crippen LogP contribution in [0.5, 0.6) is 0 Å². The lowest BCUT2D eigenvalue weighted by molar-refractivity contribution is -0.139. The molecule has 9 heteroatoms. The van der Waals surface area contributed by atoms with Crippen LogP contribution in [0.15, 0.2) is 12.4 Å². The normalized spacial score (nSPS) is 22.3. The number of hydrogen-bond donors (Lipinski definition) is 0. The minimum atomic E-state index is -3.10. The van der Waals surface area contributed by atoms with Crippen LogP contribution in [0.4, 0.5) is 0 Å². The average molecular weight is 381 g/mol. The number of aryl methyl sites for hydroxylation is 1. The molecule has 2 fully saturated rings. The van der Waals surface area contributed by atoms with Crippen LogP contribution in [0.1, 0.15) is 48.3 Å². The molecule has 0 unspecified atom stereocenters. The van der Waals surface area contributed by atoms with E-state index in [-0.39, 0.29) is 35.2 Å². The molecular formula is C17H23N3O5S. The van der Waals surface area contributed by atoms with Crippen molar-refractivity contribution in [1.82, 2.24) is 14.9 Å². The molecule has 1 aromatic rings. The zero-order valence-electron chi connectivity index (χ0n) is 14.8. The van der Waals surface area contributed by atoms with E-state index in [4.69, 9.17) is 4.74 Å². The molecule has 1 saturated carbocycles. The van der Waals surface area contributed by atoms with Crippen LogP contribution >= 0.6 is 0 Å². The van der Waals surface area contributed by atoms with Gasteiger partial charge in [0.2, 0.25) is 0 Å². The second-order valence-electron chi connectivity index (χ2n) is 6.92. The molecule has 2 aliphatic rings. The van der Waals surface area contributed by atoms with E-state index in [1.807, 2.05) is 0 Å². The Balaban J connectivity index is 1.65. The van der Waals surface area contributed by atoms with Crippen LogP contribution in [0.3, 0.4) is 0 Å². The third kappa shape index (κ3) is 4.38. The monoisotopic (exact) mass is 381 g/mol. The predicted molar refractivity (Wildman–Crippen MR) is 93.2 cm³/mol. The second-order valence-corrected chi connectivity index (χ2v) is 9.14. The molecule has 0 bridgehead atoms. The van der Waals surface area contributed by atoms with Gasteiger partial charge in [-0.2, -0.15) is 0 Å². The van der Waals surface area contributed by atoms with Crippen molar-refractivity contribution in [3.63, 3.8) is 0 Å². The number of hydrogen-bond acceptors (Lipinski definition) is 7. The molecule has 1 saturated heterocycles. The van der Waals surface area contributed by atoms with Gasteiger partial charge in [-0.25, -0.2) is 18.2 Å². The zero-order chi connectivity index (χ0) is 18.7. The highest BCUT2D eigenvalue weighted by atomic mass is 32.2. The van der Waals surface area contributed by atoms with Crippen LogP contribution in [0, 0.1) is 6.92 Å². The van der Waals surface area contributed by atoms with E-state index in [9.17, 15) is 18.0 Å². The van der Waals surface area contributed by atoms with Crippen molar-refractivity contribution in [3.05, 3.63) is 23.8 Å². The molecule has 1 amide bonds. The van der Waals surface area contributed by atoms with Gasteiger partial charge < -0.3 is 9.64 Å². The first-order chi connectivity index (χ1) is 12.4. The van der Waals surface area contributed by atoms with Crippen molar-refractivity contribution in [1.29, 1.82) is 0 Å². The topological polar surface area (TPSA) is 107 Å². The van der Waals surface area contributed by atoms with Gasteiger partial charge >= 0.3 is 5.97 Å². The Labute approximate surface area is 152 Å². The van der Waals surface area contributed by atoms with Gasteiger partial charge in [-0.15, -0.1) is 0 Å². The van der Waals surface area contributed by atoms with Crippen LogP contribution in [0.25, 0.3) is 0 Å². The average Bonchev–Trinajstić information content (AvgIpc) is 3.24. The molecule has 0 radical (unpaired) electrons. The molecule has 1 aromatic heterocycles. The highest BCUT2D eigenvalue weighted by molar-refractivity contribution is 7.91. The van der Waals surface area contributed by atoms with Crippen molar-refractivity contribution in [3.8, 4) is 0 Å². The number of carbonyl (C=O) groups excluding carboxylic acids is 2. The van der Waals surface area contributed by atoms with E-state index in [0.717, 1.165) is 25.7 Å². The summed E-state index contributed by atoms with van der Waals surface area (Å²) in [7, 11) is -3.10. The summed E-state index contributed by atoms with van der Waals surface area (Å²) >= 11 is 0. The first-order valence-corrected chi connectivity index (χ1v) is 10.7. The van der Waals surface area contributed by atoms with Crippen molar-refractivity contribution in [2.75, 3.05) is 18.1 Å². The number of esters is 1. The molecule has 0 N–H and O–H groups in total. The van der Waals surface area contributed by atoms with Crippen molar-refractivity contribution < 1.29 is 22.7 Å². The van der Waals surface area contributed by atoms with Crippen molar-refractivity contribution in [2.45, 2.75) is 51.1 Å². The fourth-order valence-electron chi connectivity index (χ4n) is 3.66. The summed E-state index contributed by atoms with van der Waals surface area (Å²) in [6.45, 7) is 1.34. The van der Waals surface area contributed by atoms with Gasteiger partial charge in [-0.3, -0.25) is 9.78 Å². The molecular weight excluding hydrogens is 358 g/mol. The third-order valence-corrected chi connectivity index (χ3v) is 6.68. The fourth-order valence-corrected chi connectivity index (χ4v) is 5.37. The van der Waals surface area contributed by atoms with Gasteiger partial charge in [0, 0.05) is 18.3 Å². The molecule has 1 aliphatic heterocycles. The molecule has 0 spiro atoms. The van der Waals surface area contributed by atoms with Gasteiger partial charge in [0.15, 0.2) is 22.1 Å². The van der Waals surface area contributed by atoms with E-state index in [1.54, 1.807) is 11.8 Å². The molecule has 8 nitrogen and oxygen atoms in total. The fraction of sp³-hybridized carbons (Fsp3) is 0.647. The molecule has 3 rings (SSSR count). The van der Waals surface area contributed by atoms with Crippen LogP contribution < -0.4 is 0 Å². The van der Waals surface area contributed by atoms with E-state index >= 15 is 0 Å². The Bertz CT molecular complexity index is 772. The maximum absolute atomic E-state index is 12.7. The van der Waals surface area contributed by atoms with Crippen molar-refractivity contribution in [2.24, 2.45) is 0 Å². The lowest BCUT2D eigenvalue weighted by Crippen LogP contribution is -2.48. The largest absolute Gasteiger partial charge is 0.451 e. The smallest absolute Gasteiger partial charge is 0.359 e. The first-order valence-electron chi connectivity index (χ1n) is 8.83. The van der Waals surface area contributed by atoms with Gasteiger partial charge in [0.25, 0.3) is 5.91 Å². The minimum absolute atomic E-state index is 0.00732. The third-order valence-electron chi connectivity index (χ3n) is 4.92. The summed E-state index contributed by atoms with van der Waals surface area (Å²) in [6, 6.07) is -0.299. The van der Waals surface area contributed by atoms with Gasteiger partial charge in [-0.1, -0.05) is 12.8 Å². The predicted octanol–water partition coefficient (Wildman–Crippen LogP) is 0.900. The molecule has 1 atom stereocenters. The Hall–Kier alpha value is -2.03. The molecule has 2 heterocycles. The summed E-state index contributed by atoms with van der Waals surface area (Å²) in [4.78, 5) is 34.3. The maximum atomic E-state index is 12.7. The number of aromatic nitrogens is 2. The molecule has 142 valence electrons. The van der Waals surface area contributed by atoms with E-state index in [1.165, 1.54) is 12.4 Å². The Morgan fingerprint density at radius 3 is 2.46 bits per heavy atom. The summed E-state index contributed by atoms with van der Waals surface area (Å²) in [5.74, 6) is -0.955. The van der Waals surface area contributed by atoms with E-state index in [0.29, 0.717) is 12.1 Å². The number of carbonyl (C=O) groups is 2. The van der Waals surface area contributed by atoms with Crippen LogP contribution in [0.2, 0.25) is 0 Å². The second kappa shape index (κ2) is 7.69. The minimum Gasteiger partial charge on any atom is -0.451 e. The van der Waals surface area contributed by atoms with E-state index < -0.39 is 22.4 Å². The van der Waals surface area contributed by atoms with Gasteiger partial charge in [-0.05, 0) is 26.2 Å². The number of rotatable bonds is 5. The Kier molecular flexibility index (Phi) is 5.55. The Morgan fingerprint density at radius 2 is 1.88 bits per heavy atom. The Morgan fingerprint density at radius 1 is 1.15 bits per heavy atom. The van der Waals surface area contributed by atoms with E-state index in [2.05, 4.69) is 9.97 Å². The standard InChI is InChI=1S/C17H23N3O5S/c1-12-8-19-15(9-18-12)17(22)25-10-16(21)20(13-4-2-3-5-13)14-6-7-26(23,24)11-14/h8-9,13-14H,2-7,10-11H2,1H3/t14-/m0/s1. The lowest BCUT2D eigenvalue weighted by atomic mass is 10.1. The van der Waals surface area contributed by atoms with Gasteiger partial charge in [0.1, 0.15) is 0 Å². The lowest BCUT2D eigenvalue weighted by Gasteiger charge is -2.33. The molecule has 26 heavy (non-hydrogen) atoms. The van der Waals surface area contributed by atoms with Crippen LogP contribution in [-0.2, 0) is 19.4 Å². The summed E-state index contributed by atoms with van der Waals surface area (Å²) in [5, 5.41) is 0. The summed E-state index contributed by atoms with van der Waals surface area (Å²) < 4.78 is 28.7. The SMILES string of the molecule is Cc1cnc(C(=O)OCC(=O)N(C2CCCC2)[C@H]2CCS(=O)(=O)C2)cn1. The first kappa shape index (κ1) is 18.8. The highest BCUT2D eigenvalue weighted by Crippen LogP contribution is 2.29. The van der Waals surface area contributed by atoms with Gasteiger partial charge in [0.05, 0.1) is 23.4 Å². The quantitative estimate of drug-likeness (QED) is 0.698. The molecule has 0 aromatic carbocycles. The zero-order valence-corrected chi connectivity index (χ0v) is 15.6. The number of ether oxygens (including phenoxy) is 1. The maximum Gasteiger partial charge on any atom is 0.359 e. The summed E-state index contributed by atoms with van der Waals surface area (Å²) in [6.07, 6.45) is 6.97. The molecule has 1 aliphatic carbocycles. The number of nitrogens with zero attached hydrogens (tertiary/aromatic N) is 3. The van der Waals surface area contributed by atoms with Crippen molar-refractivity contribution >= 4 is 21.7 Å². The number of amides is 1. The highest BCUT2D eigenvalue weighted by Gasteiger charge is 2.39. The van der Waals surface area contributed by atoms with Crippen LogP contribution in [-0.4, -0.2) is 65.4 Å².